The van der Waals surface area contributed by atoms with Gasteiger partial charge < -0.3 is 4.74 Å². The molecule has 0 aromatic rings. The second-order valence-corrected chi connectivity index (χ2v) is 6.03. The lowest BCUT2D eigenvalue weighted by Crippen LogP contribution is -2.54. The van der Waals surface area contributed by atoms with Gasteiger partial charge in [-0.05, 0) is 49.9 Å². The summed E-state index contributed by atoms with van der Waals surface area (Å²) in [6.45, 7) is 2.57. The van der Waals surface area contributed by atoms with Crippen LogP contribution in [0.4, 0.5) is 0 Å². The van der Waals surface area contributed by atoms with Crippen molar-refractivity contribution < 1.29 is 4.74 Å². The fraction of sp³-hybridized carbons (Fsp3) is 1.00. The lowest BCUT2D eigenvalue weighted by molar-refractivity contribution is -0.200. The Balaban J connectivity index is 1.93. The molecular weight excluding hydrogens is 160 g/mol. The van der Waals surface area contributed by atoms with Crippen molar-refractivity contribution in [3.63, 3.8) is 0 Å². The van der Waals surface area contributed by atoms with Crippen LogP contribution in [0.25, 0.3) is 0 Å². The van der Waals surface area contributed by atoms with Gasteiger partial charge >= 0.3 is 0 Å². The zero-order chi connectivity index (χ0) is 8.68. The minimum Gasteiger partial charge on any atom is -0.374 e. The van der Waals surface area contributed by atoms with Crippen molar-refractivity contribution in [3.05, 3.63) is 0 Å². The smallest absolute Gasteiger partial charge is 0.0643 e. The second-order valence-electron chi connectivity index (χ2n) is 6.03. The Kier molecular flexibility index (Phi) is 1.03. The first kappa shape index (κ1) is 7.28. The third-order valence-electron chi connectivity index (χ3n) is 6.01. The Bertz CT molecular complexity index is 274. The maximum atomic E-state index is 6.17. The zero-order valence-corrected chi connectivity index (χ0v) is 8.38. The number of hydrogen-bond acceptors (Lipinski definition) is 1. The van der Waals surface area contributed by atoms with E-state index in [0.717, 1.165) is 5.92 Å². The molecule has 5 unspecified atom stereocenters. The molecule has 5 rings (SSSR count). The van der Waals surface area contributed by atoms with Crippen LogP contribution in [0, 0.1) is 16.7 Å². The highest BCUT2D eigenvalue weighted by Crippen LogP contribution is 2.75. The Morgan fingerprint density at radius 1 is 1.23 bits per heavy atom. The van der Waals surface area contributed by atoms with Crippen molar-refractivity contribution in [2.75, 3.05) is 0 Å². The van der Waals surface area contributed by atoms with Crippen LogP contribution in [0.1, 0.15) is 45.4 Å². The van der Waals surface area contributed by atoms with Gasteiger partial charge in [0.25, 0.3) is 0 Å². The molecule has 2 saturated heterocycles. The fourth-order valence-corrected chi connectivity index (χ4v) is 5.30. The minimum atomic E-state index is 0.639. The lowest BCUT2D eigenvalue weighted by Gasteiger charge is -2.55. The van der Waals surface area contributed by atoms with Crippen LogP contribution in [0.3, 0.4) is 0 Å². The molecule has 1 spiro atoms. The monoisotopic (exact) mass is 178 g/mol. The molecule has 2 aliphatic heterocycles. The van der Waals surface area contributed by atoms with E-state index in [1.807, 2.05) is 0 Å². The van der Waals surface area contributed by atoms with Gasteiger partial charge in [0, 0.05) is 5.41 Å². The second kappa shape index (κ2) is 1.84. The van der Waals surface area contributed by atoms with Crippen LogP contribution in [-0.2, 0) is 4.74 Å². The minimum absolute atomic E-state index is 0.639. The van der Waals surface area contributed by atoms with E-state index in [1.54, 1.807) is 0 Å². The first-order chi connectivity index (χ1) is 6.25. The molecule has 5 atom stereocenters. The predicted octanol–water partition coefficient (Wildman–Crippen LogP) is 2.74. The summed E-state index contributed by atoms with van der Waals surface area (Å²) in [4.78, 5) is 0. The van der Waals surface area contributed by atoms with Gasteiger partial charge in [-0.1, -0.05) is 6.92 Å². The fourth-order valence-electron chi connectivity index (χ4n) is 5.30. The van der Waals surface area contributed by atoms with Crippen LogP contribution in [0.2, 0.25) is 0 Å². The number of ether oxygens (including phenoxy) is 1. The molecule has 1 nitrogen and oxygen atoms in total. The molecule has 2 heterocycles. The number of hydrogen-bond donors (Lipinski definition) is 0. The summed E-state index contributed by atoms with van der Waals surface area (Å²) in [5.74, 6) is 1.02. The van der Waals surface area contributed by atoms with E-state index in [2.05, 4.69) is 6.92 Å². The van der Waals surface area contributed by atoms with E-state index in [0.29, 0.717) is 23.0 Å². The van der Waals surface area contributed by atoms with Crippen LogP contribution < -0.4 is 0 Å². The molecule has 0 N–H and O–H groups in total. The summed E-state index contributed by atoms with van der Waals surface area (Å²) in [5.41, 5.74) is 1.34. The first-order valence-electron chi connectivity index (χ1n) is 5.90. The summed E-state index contributed by atoms with van der Waals surface area (Å²) in [5, 5.41) is 0. The summed E-state index contributed by atoms with van der Waals surface area (Å²) in [6, 6.07) is 0. The first-order valence-corrected chi connectivity index (χ1v) is 5.90. The van der Waals surface area contributed by atoms with Crippen LogP contribution >= 0.6 is 0 Å². The van der Waals surface area contributed by atoms with E-state index >= 15 is 0 Å². The predicted molar refractivity (Wildman–Crippen MR) is 50.4 cm³/mol. The average Bonchev–Trinajstić information content (AvgIpc) is 2.49. The van der Waals surface area contributed by atoms with E-state index in [-0.39, 0.29) is 0 Å². The third-order valence-corrected chi connectivity index (χ3v) is 6.01. The topological polar surface area (TPSA) is 9.23 Å². The zero-order valence-electron chi connectivity index (χ0n) is 8.38. The summed E-state index contributed by atoms with van der Waals surface area (Å²) < 4.78 is 6.17. The highest BCUT2D eigenvalue weighted by Gasteiger charge is 2.71. The average molecular weight is 178 g/mol. The van der Waals surface area contributed by atoms with E-state index in [9.17, 15) is 0 Å². The van der Waals surface area contributed by atoms with Gasteiger partial charge in [0.1, 0.15) is 0 Å². The lowest BCUT2D eigenvalue weighted by atomic mass is 9.56. The van der Waals surface area contributed by atoms with E-state index in [1.165, 1.54) is 38.5 Å². The van der Waals surface area contributed by atoms with Crippen molar-refractivity contribution in [1.82, 2.24) is 0 Å². The molecule has 1 heteroatoms. The Hall–Kier alpha value is -0.0400. The van der Waals surface area contributed by atoms with Crippen LogP contribution in [-0.4, -0.2) is 12.2 Å². The van der Waals surface area contributed by atoms with E-state index < -0.39 is 0 Å². The van der Waals surface area contributed by atoms with Crippen LogP contribution in [0.5, 0.6) is 0 Å². The van der Waals surface area contributed by atoms with Crippen LogP contribution in [0.15, 0.2) is 0 Å². The highest BCUT2D eigenvalue weighted by atomic mass is 16.5. The molecule has 72 valence electrons. The molecular formula is C12H18O. The summed E-state index contributed by atoms with van der Waals surface area (Å²) in [6.07, 6.45) is 9.91. The van der Waals surface area contributed by atoms with Crippen molar-refractivity contribution >= 4 is 0 Å². The normalized spacial score (nSPS) is 67.6. The highest BCUT2D eigenvalue weighted by molar-refractivity contribution is 5.20. The molecule has 5 bridgehead atoms. The van der Waals surface area contributed by atoms with Gasteiger partial charge in [-0.25, -0.2) is 0 Å². The molecule has 13 heavy (non-hydrogen) atoms. The van der Waals surface area contributed by atoms with Gasteiger partial charge in [-0.2, -0.15) is 0 Å². The van der Waals surface area contributed by atoms with Gasteiger partial charge in [-0.15, -0.1) is 0 Å². The standard InChI is InChI=1S/C12H18O/c1-11-7-9-3-5-12(11)4-2-8(11)6-10(12)13-9/h8-10H,2-7H2,1H3. The largest absolute Gasteiger partial charge is 0.374 e. The Labute approximate surface area is 79.8 Å². The third kappa shape index (κ3) is 0.562. The Morgan fingerprint density at radius 3 is 2.85 bits per heavy atom. The van der Waals surface area contributed by atoms with Gasteiger partial charge in [0.15, 0.2) is 0 Å². The Morgan fingerprint density at radius 2 is 2.08 bits per heavy atom. The maximum Gasteiger partial charge on any atom is 0.0643 e. The molecule has 3 saturated carbocycles. The molecule has 0 radical (unpaired) electrons. The van der Waals surface area contributed by atoms with Gasteiger partial charge in [-0.3, -0.25) is 0 Å². The van der Waals surface area contributed by atoms with Crippen molar-refractivity contribution in [1.29, 1.82) is 0 Å². The SMILES string of the molecule is CC12CC3CCC14CCC2CC4O3. The number of fused-ring (bicyclic) bond motifs is 1. The van der Waals surface area contributed by atoms with Crippen molar-refractivity contribution in [2.24, 2.45) is 16.7 Å². The molecule has 5 aliphatic rings. The van der Waals surface area contributed by atoms with Gasteiger partial charge in [0.2, 0.25) is 0 Å². The van der Waals surface area contributed by atoms with E-state index in [4.69, 9.17) is 4.74 Å². The quantitative estimate of drug-likeness (QED) is 0.554. The number of rotatable bonds is 0. The summed E-state index contributed by atoms with van der Waals surface area (Å²) >= 11 is 0. The molecule has 5 fully saturated rings. The molecule has 0 aromatic carbocycles. The summed E-state index contributed by atoms with van der Waals surface area (Å²) in [7, 11) is 0. The van der Waals surface area contributed by atoms with Crippen molar-refractivity contribution in [3.8, 4) is 0 Å². The maximum absolute atomic E-state index is 6.17. The van der Waals surface area contributed by atoms with Gasteiger partial charge in [0.05, 0.1) is 12.2 Å². The molecule has 0 amide bonds. The van der Waals surface area contributed by atoms with Crippen molar-refractivity contribution in [2.45, 2.75) is 57.7 Å². The molecule has 3 aliphatic carbocycles. The molecule has 0 aromatic heterocycles.